The normalized spacial score (nSPS) is 19.1. The summed E-state index contributed by atoms with van der Waals surface area (Å²) in [5.74, 6) is 0.843. The van der Waals surface area contributed by atoms with Crippen molar-refractivity contribution in [3.63, 3.8) is 0 Å². The molecule has 2 rings (SSSR count). The molecule has 1 aromatic carbocycles. The van der Waals surface area contributed by atoms with Gasteiger partial charge in [-0.05, 0) is 31.0 Å². The molecule has 3 heteroatoms. The molecule has 0 aliphatic carbocycles. The maximum Gasteiger partial charge on any atom is 0.166 e. The number of rotatable bonds is 3. The summed E-state index contributed by atoms with van der Waals surface area (Å²) in [7, 11) is 1.64. The summed E-state index contributed by atoms with van der Waals surface area (Å²) in [6, 6.07) is 7.78. The lowest BCUT2D eigenvalue weighted by atomic mass is 9.90. The second-order valence-corrected chi connectivity index (χ2v) is 4.09. The average molecular weight is 229 g/mol. The summed E-state index contributed by atoms with van der Waals surface area (Å²) in [6.45, 7) is 1.90. The van der Waals surface area contributed by atoms with Gasteiger partial charge in [-0.1, -0.05) is 12.1 Å². The number of carbonyl (C=O) groups is 1. The summed E-state index contributed by atoms with van der Waals surface area (Å²) >= 11 is 0. The van der Waals surface area contributed by atoms with Crippen LogP contribution in [0.15, 0.2) is 41.5 Å². The van der Waals surface area contributed by atoms with Gasteiger partial charge in [0, 0.05) is 18.0 Å². The number of hydrogen-bond acceptors (Lipinski definition) is 3. The predicted octanol–water partition coefficient (Wildman–Crippen LogP) is 2.41. The van der Waals surface area contributed by atoms with Crippen LogP contribution in [-0.2, 0) is 11.2 Å². The number of ether oxygens (including phenoxy) is 1. The van der Waals surface area contributed by atoms with Gasteiger partial charge in [-0.3, -0.25) is 9.79 Å². The second-order valence-electron chi connectivity index (χ2n) is 4.09. The number of carbonyl (C=O) groups excluding carboxylic acids is 1. The average Bonchev–Trinajstić information content (AvgIpc) is 2.35. The molecule has 0 saturated carbocycles. The van der Waals surface area contributed by atoms with Crippen molar-refractivity contribution in [3.05, 3.63) is 42.1 Å². The first-order valence-corrected chi connectivity index (χ1v) is 5.58. The molecule has 1 atom stereocenters. The van der Waals surface area contributed by atoms with Crippen LogP contribution in [0.1, 0.15) is 12.5 Å². The Balaban J connectivity index is 2.12. The van der Waals surface area contributed by atoms with E-state index in [4.69, 9.17) is 4.74 Å². The molecular formula is C14H15NO2. The van der Waals surface area contributed by atoms with E-state index in [1.54, 1.807) is 19.4 Å². The van der Waals surface area contributed by atoms with Gasteiger partial charge in [0.15, 0.2) is 5.78 Å². The van der Waals surface area contributed by atoms with Crippen LogP contribution in [0.5, 0.6) is 5.75 Å². The van der Waals surface area contributed by atoms with Crippen molar-refractivity contribution < 1.29 is 9.53 Å². The van der Waals surface area contributed by atoms with E-state index < -0.39 is 0 Å². The molecule has 0 N–H and O–H groups in total. The molecular weight excluding hydrogens is 214 g/mol. The van der Waals surface area contributed by atoms with Crippen LogP contribution in [0.2, 0.25) is 0 Å². The van der Waals surface area contributed by atoms with Crippen molar-refractivity contribution in [2.24, 2.45) is 10.9 Å². The molecule has 1 aromatic rings. The lowest BCUT2D eigenvalue weighted by Gasteiger charge is -2.16. The van der Waals surface area contributed by atoms with Crippen molar-refractivity contribution in [1.29, 1.82) is 0 Å². The van der Waals surface area contributed by atoms with Gasteiger partial charge in [0.1, 0.15) is 5.75 Å². The van der Waals surface area contributed by atoms with Crippen LogP contribution in [0.3, 0.4) is 0 Å². The number of hydrogen-bond donors (Lipinski definition) is 0. The molecule has 1 aliphatic heterocycles. The molecule has 0 fully saturated rings. The first-order chi connectivity index (χ1) is 8.20. The maximum atomic E-state index is 11.7. The van der Waals surface area contributed by atoms with E-state index in [9.17, 15) is 4.79 Å². The fourth-order valence-corrected chi connectivity index (χ4v) is 1.89. The van der Waals surface area contributed by atoms with E-state index in [-0.39, 0.29) is 11.7 Å². The lowest BCUT2D eigenvalue weighted by Crippen LogP contribution is -2.24. The van der Waals surface area contributed by atoms with E-state index in [1.807, 2.05) is 31.2 Å². The monoisotopic (exact) mass is 229 g/mol. The standard InChI is InChI=1S/C14H15NO2/c1-10-13(14(16)7-8-15-10)9-11-3-5-12(17-2)6-4-11/h3-8,13H,9H2,1-2H3. The Labute approximate surface area is 101 Å². The summed E-state index contributed by atoms with van der Waals surface area (Å²) in [4.78, 5) is 15.9. The Morgan fingerprint density at radius 1 is 1.29 bits per heavy atom. The minimum absolute atomic E-state index is 0.117. The molecule has 0 radical (unpaired) electrons. The summed E-state index contributed by atoms with van der Waals surface area (Å²) in [6.07, 6.45) is 3.81. The van der Waals surface area contributed by atoms with Crippen LogP contribution in [0.25, 0.3) is 0 Å². The largest absolute Gasteiger partial charge is 0.497 e. The molecule has 0 amide bonds. The molecule has 1 aliphatic rings. The number of aliphatic imine (C=N–C) groups is 1. The highest BCUT2D eigenvalue weighted by Gasteiger charge is 2.21. The highest BCUT2D eigenvalue weighted by atomic mass is 16.5. The summed E-state index contributed by atoms with van der Waals surface area (Å²) in [5, 5.41) is 0. The van der Waals surface area contributed by atoms with Crippen LogP contribution in [0.4, 0.5) is 0 Å². The molecule has 0 saturated heterocycles. The zero-order valence-electron chi connectivity index (χ0n) is 10.0. The molecule has 0 aromatic heterocycles. The van der Waals surface area contributed by atoms with Crippen LogP contribution in [0, 0.1) is 5.92 Å². The number of allylic oxidation sites excluding steroid dienone is 1. The fourth-order valence-electron chi connectivity index (χ4n) is 1.89. The Hall–Kier alpha value is -1.90. The van der Waals surface area contributed by atoms with Gasteiger partial charge >= 0.3 is 0 Å². The van der Waals surface area contributed by atoms with Crippen LogP contribution in [-0.4, -0.2) is 18.6 Å². The van der Waals surface area contributed by atoms with Gasteiger partial charge in [-0.2, -0.15) is 0 Å². The van der Waals surface area contributed by atoms with E-state index in [1.165, 1.54) is 0 Å². The predicted molar refractivity (Wildman–Crippen MR) is 67.4 cm³/mol. The SMILES string of the molecule is COc1ccc(CC2C(=O)C=CN=C2C)cc1. The lowest BCUT2D eigenvalue weighted by molar-refractivity contribution is -0.116. The van der Waals surface area contributed by atoms with Gasteiger partial charge < -0.3 is 4.74 Å². The number of ketones is 1. The topological polar surface area (TPSA) is 38.7 Å². The number of nitrogens with zero attached hydrogens (tertiary/aromatic N) is 1. The van der Waals surface area contributed by atoms with Crippen molar-refractivity contribution >= 4 is 11.5 Å². The third kappa shape index (κ3) is 2.61. The van der Waals surface area contributed by atoms with Crippen molar-refractivity contribution in [2.75, 3.05) is 7.11 Å². The van der Waals surface area contributed by atoms with Gasteiger partial charge in [0.2, 0.25) is 0 Å². The number of benzene rings is 1. The van der Waals surface area contributed by atoms with Crippen LogP contribution >= 0.6 is 0 Å². The molecule has 1 heterocycles. The maximum absolute atomic E-state index is 11.7. The smallest absolute Gasteiger partial charge is 0.166 e. The third-order valence-corrected chi connectivity index (χ3v) is 2.96. The molecule has 88 valence electrons. The quantitative estimate of drug-likeness (QED) is 0.798. The van der Waals surface area contributed by atoms with Gasteiger partial charge in [-0.25, -0.2) is 0 Å². The van der Waals surface area contributed by atoms with Gasteiger partial charge in [-0.15, -0.1) is 0 Å². The van der Waals surface area contributed by atoms with Gasteiger partial charge in [0.05, 0.1) is 13.0 Å². The third-order valence-electron chi connectivity index (χ3n) is 2.96. The fraction of sp³-hybridized carbons (Fsp3) is 0.286. The molecule has 3 nitrogen and oxygen atoms in total. The Kier molecular flexibility index (Phi) is 3.38. The van der Waals surface area contributed by atoms with E-state index in [2.05, 4.69) is 4.99 Å². The first-order valence-electron chi connectivity index (χ1n) is 5.58. The second kappa shape index (κ2) is 4.95. The molecule has 0 spiro atoms. The Bertz CT molecular complexity index is 472. The van der Waals surface area contributed by atoms with E-state index in [0.717, 1.165) is 17.0 Å². The molecule has 17 heavy (non-hydrogen) atoms. The summed E-state index contributed by atoms with van der Waals surface area (Å²) in [5.41, 5.74) is 2.00. The molecule has 1 unspecified atom stereocenters. The van der Waals surface area contributed by atoms with Crippen molar-refractivity contribution in [2.45, 2.75) is 13.3 Å². The Morgan fingerprint density at radius 3 is 2.59 bits per heavy atom. The van der Waals surface area contributed by atoms with Crippen LogP contribution < -0.4 is 4.74 Å². The first kappa shape index (κ1) is 11.6. The zero-order chi connectivity index (χ0) is 12.3. The highest BCUT2D eigenvalue weighted by molar-refractivity contribution is 6.10. The minimum atomic E-state index is -0.117. The summed E-state index contributed by atoms with van der Waals surface area (Å²) < 4.78 is 5.10. The van der Waals surface area contributed by atoms with E-state index >= 15 is 0 Å². The van der Waals surface area contributed by atoms with E-state index in [0.29, 0.717) is 6.42 Å². The van der Waals surface area contributed by atoms with Crippen molar-refractivity contribution in [1.82, 2.24) is 0 Å². The molecule has 0 bridgehead atoms. The number of methoxy groups -OCH3 is 1. The zero-order valence-corrected chi connectivity index (χ0v) is 10.0. The Morgan fingerprint density at radius 2 is 2.00 bits per heavy atom. The highest BCUT2D eigenvalue weighted by Crippen LogP contribution is 2.18. The van der Waals surface area contributed by atoms with Gasteiger partial charge in [0.25, 0.3) is 0 Å². The van der Waals surface area contributed by atoms with Crippen molar-refractivity contribution in [3.8, 4) is 5.75 Å². The minimum Gasteiger partial charge on any atom is -0.497 e.